The van der Waals surface area contributed by atoms with E-state index < -0.39 is 5.97 Å². The molecule has 0 spiro atoms. The first kappa shape index (κ1) is 12.3. The number of anilines is 1. The predicted molar refractivity (Wildman–Crippen MR) is 69.7 cm³/mol. The smallest absolute Gasteiger partial charge is 0.305 e. The van der Waals surface area contributed by atoms with Crippen molar-refractivity contribution in [3.8, 4) is 0 Å². The zero-order chi connectivity index (χ0) is 13.0. The summed E-state index contributed by atoms with van der Waals surface area (Å²) in [5.41, 5.74) is 0. The molecule has 5 heteroatoms. The Hall–Kier alpha value is -2.17. The van der Waals surface area contributed by atoms with Gasteiger partial charge in [-0.25, -0.2) is 0 Å². The molecule has 0 amide bonds. The van der Waals surface area contributed by atoms with Gasteiger partial charge in [-0.1, -0.05) is 24.3 Å². The number of hydrogen-bond donors (Lipinski definition) is 1. The van der Waals surface area contributed by atoms with E-state index in [1.54, 1.807) is 6.20 Å². The van der Waals surface area contributed by atoms with E-state index in [1.807, 2.05) is 36.1 Å². The van der Waals surface area contributed by atoms with Crippen LogP contribution in [-0.4, -0.2) is 34.4 Å². The topological polar surface area (TPSA) is 66.3 Å². The van der Waals surface area contributed by atoms with E-state index in [1.165, 1.54) is 0 Å². The normalized spacial score (nSPS) is 10.5. The monoisotopic (exact) mass is 245 g/mol. The average Bonchev–Trinajstić information content (AvgIpc) is 2.39. The maximum Gasteiger partial charge on any atom is 0.305 e. The van der Waals surface area contributed by atoms with Gasteiger partial charge in [0.05, 0.1) is 12.6 Å². The van der Waals surface area contributed by atoms with Gasteiger partial charge in [-0.05, 0) is 6.92 Å². The molecule has 1 heterocycles. The molecule has 0 saturated carbocycles. The minimum atomic E-state index is -0.804. The Bertz CT molecular complexity index is 551. The van der Waals surface area contributed by atoms with E-state index in [2.05, 4.69) is 10.2 Å². The molecule has 0 fully saturated rings. The standard InChI is InChI=1S/C13H15N3O2/c1-2-16(8-7-12(17)18)13-11-6-4-3-5-10(11)9-14-15-13/h3-6,9H,2,7-8H2,1H3,(H,17,18). The molecule has 0 radical (unpaired) electrons. The van der Waals surface area contributed by atoms with Crippen LogP contribution in [0.15, 0.2) is 30.5 Å². The fraction of sp³-hybridized carbons (Fsp3) is 0.308. The summed E-state index contributed by atoms with van der Waals surface area (Å²) in [6.45, 7) is 3.12. The molecular weight excluding hydrogens is 230 g/mol. The lowest BCUT2D eigenvalue weighted by Gasteiger charge is -2.21. The first-order valence-corrected chi connectivity index (χ1v) is 5.89. The fourth-order valence-corrected chi connectivity index (χ4v) is 1.89. The van der Waals surface area contributed by atoms with Crippen LogP contribution in [-0.2, 0) is 4.79 Å². The van der Waals surface area contributed by atoms with Gasteiger partial charge in [0.2, 0.25) is 0 Å². The van der Waals surface area contributed by atoms with Crippen molar-refractivity contribution in [3.63, 3.8) is 0 Å². The second-order valence-electron chi connectivity index (χ2n) is 3.98. The van der Waals surface area contributed by atoms with Crippen molar-refractivity contribution in [3.05, 3.63) is 30.5 Å². The minimum absolute atomic E-state index is 0.0960. The Labute approximate surface area is 105 Å². The summed E-state index contributed by atoms with van der Waals surface area (Å²) >= 11 is 0. The third-order valence-corrected chi connectivity index (χ3v) is 2.83. The molecule has 1 N–H and O–H groups in total. The zero-order valence-corrected chi connectivity index (χ0v) is 10.2. The maximum absolute atomic E-state index is 10.7. The number of benzene rings is 1. The van der Waals surface area contributed by atoms with Crippen molar-refractivity contribution in [2.24, 2.45) is 0 Å². The van der Waals surface area contributed by atoms with E-state index in [9.17, 15) is 4.79 Å². The van der Waals surface area contributed by atoms with Crippen LogP contribution in [0.4, 0.5) is 5.82 Å². The van der Waals surface area contributed by atoms with Crippen molar-refractivity contribution in [2.75, 3.05) is 18.0 Å². The van der Waals surface area contributed by atoms with E-state index in [0.29, 0.717) is 13.1 Å². The molecule has 0 aliphatic rings. The number of hydrogen-bond acceptors (Lipinski definition) is 4. The first-order chi connectivity index (χ1) is 8.72. The third kappa shape index (κ3) is 2.56. The van der Waals surface area contributed by atoms with Crippen molar-refractivity contribution < 1.29 is 9.90 Å². The summed E-state index contributed by atoms with van der Waals surface area (Å²) in [7, 11) is 0. The molecule has 0 atom stereocenters. The highest BCUT2D eigenvalue weighted by Crippen LogP contribution is 2.22. The van der Waals surface area contributed by atoms with Crippen molar-refractivity contribution in [1.82, 2.24) is 10.2 Å². The molecule has 0 bridgehead atoms. The number of aliphatic carboxylic acids is 1. The Morgan fingerprint density at radius 2 is 2.17 bits per heavy atom. The molecule has 1 aromatic heterocycles. The molecule has 18 heavy (non-hydrogen) atoms. The van der Waals surface area contributed by atoms with Crippen LogP contribution in [0.25, 0.3) is 10.8 Å². The Morgan fingerprint density at radius 1 is 1.39 bits per heavy atom. The summed E-state index contributed by atoms with van der Waals surface area (Å²) in [6, 6.07) is 7.83. The molecule has 1 aromatic carbocycles. The van der Waals surface area contributed by atoms with Gasteiger partial charge in [0.25, 0.3) is 0 Å². The van der Waals surface area contributed by atoms with Crippen LogP contribution in [0.5, 0.6) is 0 Å². The van der Waals surface area contributed by atoms with Crippen LogP contribution in [0, 0.1) is 0 Å². The van der Waals surface area contributed by atoms with Gasteiger partial charge in [-0.2, -0.15) is 5.10 Å². The van der Waals surface area contributed by atoms with Gasteiger partial charge in [0.1, 0.15) is 0 Å². The maximum atomic E-state index is 10.7. The SMILES string of the molecule is CCN(CCC(=O)O)c1nncc2ccccc12. The van der Waals surface area contributed by atoms with Gasteiger partial charge >= 0.3 is 5.97 Å². The van der Waals surface area contributed by atoms with Crippen LogP contribution in [0.2, 0.25) is 0 Å². The molecule has 0 unspecified atom stereocenters. The summed E-state index contributed by atoms with van der Waals surface area (Å²) in [5, 5.41) is 18.9. The Balaban J connectivity index is 2.35. The lowest BCUT2D eigenvalue weighted by molar-refractivity contribution is -0.136. The summed E-state index contributed by atoms with van der Waals surface area (Å²) in [5.74, 6) is -0.0569. The highest BCUT2D eigenvalue weighted by molar-refractivity contribution is 5.91. The van der Waals surface area contributed by atoms with Crippen LogP contribution >= 0.6 is 0 Å². The lowest BCUT2D eigenvalue weighted by atomic mass is 10.2. The number of aromatic nitrogens is 2. The molecule has 2 aromatic rings. The van der Waals surface area contributed by atoms with E-state index in [-0.39, 0.29) is 6.42 Å². The van der Waals surface area contributed by atoms with E-state index >= 15 is 0 Å². The number of fused-ring (bicyclic) bond motifs is 1. The van der Waals surface area contributed by atoms with E-state index in [4.69, 9.17) is 5.11 Å². The van der Waals surface area contributed by atoms with E-state index in [0.717, 1.165) is 16.6 Å². The average molecular weight is 245 g/mol. The number of carbonyl (C=O) groups is 1. The summed E-state index contributed by atoms with van der Waals surface area (Å²) in [6.07, 6.45) is 1.81. The highest BCUT2D eigenvalue weighted by atomic mass is 16.4. The van der Waals surface area contributed by atoms with Crippen molar-refractivity contribution in [2.45, 2.75) is 13.3 Å². The second kappa shape index (κ2) is 5.44. The summed E-state index contributed by atoms with van der Waals surface area (Å²) < 4.78 is 0. The first-order valence-electron chi connectivity index (χ1n) is 5.89. The second-order valence-corrected chi connectivity index (χ2v) is 3.98. The molecular formula is C13H15N3O2. The van der Waals surface area contributed by atoms with Crippen LogP contribution < -0.4 is 4.90 Å². The Kier molecular flexibility index (Phi) is 3.72. The number of rotatable bonds is 5. The molecule has 0 saturated heterocycles. The van der Waals surface area contributed by atoms with Crippen molar-refractivity contribution >= 4 is 22.6 Å². The fourth-order valence-electron chi connectivity index (χ4n) is 1.89. The molecule has 94 valence electrons. The predicted octanol–water partition coefficient (Wildman–Crippen LogP) is 1.93. The van der Waals surface area contributed by atoms with Gasteiger partial charge < -0.3 is 10.0 Å². The lowest BCUT2D eigenvalue weighted by Crippen LogP contribution is -2.27. The molecule has 0 aliphatic heterocycles. The molecule has 0 aliphatic carbocycles. The number of carboxylic acids is 1. The summed E-state index contributed by atoms with van der Waals surface area (Å²) in [4.78, 5) is 12.6. The largest absolute Gasteiger partial charge is 0.481 e. The van der Waals surface area contributed by atoms with Gasteiger partial charge in [0, 0.05) is 23.9 Å². The minimum Gasteiger partial charge on any atom is -0.481 e. The third-order valence-electron chi connectivity index (χ3n) is 2.83. The molecule has 2 rings (SSSR count). The quantitative estimate of drug-likeness (QED) is 0.871. The van der Waals surface area contributed by atoms with Crippen LogP contribution in [0.3, 0.4) is 0 Å². The van der Waals surface area contributed by atoms with Crippen molar-refractivity contribution in [1.29, 1.82) is 0 Å². The van der Waals surface area contributed by atoms with Gasteiger partial charge in [-0.3, -0.25) is 4.79 Å². The number of nitrogens with zero attached hydrogens (tertiary/aromatic N) is 3. The zero-order valence-electron chi connectivity index (χ0n) is 10.2. The molecule has 5 nitrogen and oxygen atoms in total. The van der Waals surface area contributed by atoms with Gasteiger partial charge in [-0.15, -0.1) is 5.10 Å². The van der Waals surface area contributed by atoms with Crippen LogP contribution in [0.1, 0.15) is 13.3 Å². The highest BCUT2D eigenvalue weighted by Gasteiger charge is 2.11. The Morgan fingerprint density at radius 3 is 2.89 bits per heavy atom. The number of carboxylic acid groups (broad SMARTS) is 1. The van der Waals surface area contributed by atoms with Gasteiger partial charge in [0.15, 0.2) is 5.82 Å².